The van der Waals surface area contributed by atoms with E-state index in [9.17, 15) is 22.8 Å². The van der Waals surface area contributed by atoms with Crippen LogP contribution in [0.3, 0.4) is 0 Å². The molecule has 1 saturated carbocycles. The number of urea groups is 1. The summed E-state index contributed by atoms with van der Waals surface area (Å²) in [5.74, 6) is 0.630. The van der Waals surface area contributed by atoms with Gasteiger partial charge < -0.3 is 24.4 Å². The smallest absolute Gasteiger partial charge is 0.406 e. The largest absolute Gasteiger partial charge is 0.573 e. The third kappa shape index (κ3) is 4.83. The summed E-state index contributed by atoms with van der Waals surface area (Å²) in [6.45, 7) is 2.40. The van der Waals surface area contributed by atoms with E-state index in [1.54, 1.807) is 4.90 Å². The van der Waals surface area contributed by atoms with Crippen molar-refractivity contribution in [1.82, 2.24) is 15.0 Å². The number of halogens is 3. The van der Waals surface area contributed by atoms with Crippen LogP contribution in [0.1, 0.15) is 54.1 Å². The second-order valence-corrected chi connectivity index (χ2v) is 9.34. The Kier molecular flexibility index (Phi) is 5.65. The topological polar surface area (TPSA) is 87.9 Å². The van der Waals surface area contributed by atoms with E-state index in [-0.39, 0.29) is 23.1 Å². The van der Waals surface area contributed by atoms with E-state index in [1.165, 1.54) is 18.3 Å². The van der Waals surface area contributed by atoms with Gasteiger partial charge in [-0.3, -0.25) is 4.79 Å². The molecule has 2 saturated heterocycles. The third-order valence-corrected chi connectivity index (χ3v) is 6.95. The molecule has 0 atom stereocenters. The summed E-state index contributed by atoms with van der Waals surface area (Å²) in [5, 5.41) is 6.56. The van der Waals surface area contributed by atoms with E-state index in [0.29, 0.717) is 49.1 Å². The van der Waals surface area contributed by atoms with Crippen LogP contribution in [0.2, 0.25) is 0 Å². The van der Waals surface area contributed by atoms with Gasteiger partial charge in [0.05, 0.1) is 6.20 Å². The van der Waals surface area contributed by atoms with Crippen molar-refractivity contribution in [3.05, 3.63) is 41.8 Å². The van der Waals surface area contributed by atoms with Crippen molar-refractivity contribution in [3.63, 3.8) is 0 Å². The van der Waals surface area contributed by atoms with E-state index in [4.69, 9.17) is 4.52 Å². The number of carbonyl (C=O) groups is 2. The second-order valence-electron chi connectivity index (χ2n) is 9.34. The zero-order chi connectivity index (χ0) is 23.9. The van der Waals surface area contributed by atoms with Gasteiger partial charge in [-0.15, -0.1) is 13.2 Å². The molecular weight excluding hydrogens is 453 g/mol. The molecule has 8 nitrogen and oxygen atoms in total. The lowest BCUT2D eigenvalue weighted by Gasteiger charge is -2.39. The Morgan fingerprint density at radius 3 is 2.32 bits per heavy atom. The number of carbonyl (C=O) groups excluding carboxylic acids is 2. The summed E-state index contributed by atoms with van der Waals surface area (Å²) in [6, 6.07) is 4.76. The van der Waals surface area contributed by atoms with Gasteiger partial charge in [0.2, 0.25) is 0 Å². The number of alkyl halides is 3. The summed E-state index contributed by atoms with van der Waals surface area (Å²) in [7, 11) is 0. The number of aromatic nitrogens is 1. The summed E-state index contributed by atoms with van der Waals surface area (Å²) >= 11 is 0. The molecule has 1 aliphatic carbocycles. The zero-order valence-electron chi connectivity index (χ0n) is 18.4. The molecule has 2 aliphatic heterocycles. The maximum atomic E-state index is 13.0. The van der Waals surface area contributed by atoms with Gasteiger partial charge in [0, 0.05) is 37.8 Å². The van der Waals surface area contributed by atoms with Crippen LogP contribution < -0.4 is 10.1 Å². The van der Waals surface area contributed by atoms with E-state index >= 15 is 0 Å². The minimum atomic E-state index is -4.76. The first-order chi connectivity index (χ1) is 16.2. The lowest BCUT2D eigenvalue weighted by molar-refractivity contribution is -0.274. The SMILES string of the molecule is O=C(Nc1ccc(OC(F)(F)F)cc1)N1CCC2(CCN(C(=O)c3cnoc3C3CC3)CC2)C1. The van der Waals surface area contributed by atoms with Gasteiger partial charge in [-0.2, -0.15) is 0 Å². The molecule has 1 aromatic carbocycles. The minimum absolute atomic E-state index is 0.0352. The predicted molar refractivity (Wildman–Crippen MR) is 114 cm³/mol. The summed E-state index contributed by atoms with van der Waals surface area (Å²) in [6.07, 6.45) is 1.27. The zero-order valence-corrected chi connectivity index (χ0v) is 18.4. The van der Waals surface area contributed by atoms with E-state index in [1.807, 2.05) is 4.90 Å². The lowest BCUT2D eigenvalue weighted by atomic mass is 9.77. The first kappa shape index (κ1) is 22.5. The second kappa shape index (κ2) is 8.52. The van der Waals surface area contributed by atoms with Crippen LogP contribution in [0.5, 0.6) is 5.75 Å². The Balaban J connectivity index is 1.13. The number of nitrogens with one attached hydrogen (secondary N) is 1. The van der Waals surface area contributed by atoms with Gasteiger partial charge in [0.25, 0.3) is 5.91 Å². The van der Waals surface area contributed by atoms with Crippen LogP contribution in [-0.2, 0) is 0 Å². The standard InChI is InChI=1S/C23H25F3N4O4/c24-23(25,26)33-17-5-3-16(4-6-17)28-21(32)30-12-9-22(14-30)7-10-29(11-8-22)20(31)18-13-27-34-19(18)15-1-2-15/h3-6,13,15H,1-2,7-12,14H2,(H,28,32). The van der Waals surface area contributed by atoms with Gasteiger partial charge in [0.1, 0.15) is 11.3 Å². The first-order valence-electron chi connectivity index (χ1n) is 11.4. The van der Waals surface area contributed by atoms with Gasteiger partial charge in [0.15, 0.2) is 5.76 Å². The highest BCUT2D eigenvalue weighted by atomic mass is 19.4. The molecule has 0 unspecified atom stereocenters. The Bertz CT molecular complexity index is 1060. The molecule has 2 aromatic rings. The molecule has 3 fully saturated rings. The molecule has 3 aliphatic rings. The molecule has 1 N–H and O–H groups in total. The number of likely N-dealkylation sites (tertiary alicyclic amines) is 2. The molecule has 1 spiro atoms. The maximum absolute atomic E-state index is 13.0. The number of benzene rings is 1. The van der Waals surface area contributed by atoms with E-state index in [2.05, 4.69) is 15.2 Å². The number of nitrogens with zero attached hydrogens (tertiary/aromatic N) is 3. The molecule has 0 radical (unpaired) electrons. The van der Waals surface area contributed by atoms with E-state index < -0.39 is 6.36 Å². The monoisotopic (exact) mass is 478 g/mol. The Morgan fingerprint density at radius 2 is 1.71 bits per heavy atom. The molecule has 182 valence electrons. The number of rotatable bonds is 4. The van der Waals surface area contributed by atoms with Crippen LogP contribution in [0.25, 0.3) is 0 Å². The summed E-state index contributed by atoms with van der Waals surface area (Å²) in [4.78, 5) is 29.3. The van der Waals surface area contributed by atoms with Crippen LogP contribution in [0, 0.1) is 5.41 Å². The third-order valence-electron chi connectivity index (χ3n) is 6.95. The number of hydrogen-bond acceptors (Lipinski definition) is 5. The van der Waals surface area contributed by atoms with Gasteiger partial charge in [-0.05, 0) is 61.8 Å². The molecular formula is C23H25F3N4O4. The van der Waals surface area contributed by atoms with E-state index in [0.717, 1.165) is 44.2 Å². The molecule has 34 heavy (non-hydrogen) atoms. The highest BCUT2D eigenvalue weighted by molar-refractivity contribution is 5.95. The lowest BCUT2D eigenvalue weighted by Crippen LogP contribution is -2.45. The Labute approximate surface area is 194 Å². The van der Waals surface area contributed by atoms with Crippen molar-refractivity contribution in [1.29, 1.82) is 0 Å². The minimum Gasteiger partial charge on any atom is -0.406 e. The van der Waals surface area contributed by atoms with Crippen molar-refractivity contribution in [2.75, 3.05) is 31.5 Å². The molecule has 3 heterocycles. The van der Waals surface area contributed by atoms with Crippen LogP contribution >= 0.6 is 0 Å². The molecule has 5 rings (SSSR count). The number of amides is 3. The number of ether oxygens (including phenoxy) is 1. The predicted octanol–water partition coefficient (Wildman–Crippen LogP) is 4.61. The van der Waals surface area contributed by atoms with Crippen molar-refractivity contribution < 1.29 is 32.0 Å². The van der Waals surface area contributed by atoms with Gasteiger partial charge in [-0.1, -0.05) is 5.16 Å². The van der Waals surface area contributed by atoms with Gasteiger partial charge >= 0.3 is 12.4 Å². The normalized spacial score (nSPS) is 20.0. The molecule has 1 aromatic heterocycles. The summed E-state index contributed by atoms with van der Waals surface area (Å²) < 4.78 is 46.0. The Morgan fingerprint density at radius 1 is 1.06 bits per heavy atom. The highest BCUT2D eigenvalue weighted by Crippen LogP contribution is 2.43. The van der Waals surface area contributed by atoms with Crippen molar-refractivity contribution >= 4 is 17.6 Å². The Hall–Kier alpha value is -3.24. The van der Waals surface area contributed by atoms with Gasteiger partial charge in [-0.25, -0.2) is 4.79 Å². The molecule has 11 heteroatoms. The average molecular weight is 478 g/mol. The molecule has 3 amide bonds. The van der Waals surface area contributed by atoms with Crippen molar-refractivity contribution in [3.8, 4) is 5.75 Å². The van der Waals surface area contributed by atoms with Crippen LogP contribution in [0.4, 0.5) is 23.7 Å². The fourth-order valence-corrected chi connectivity index (χ4v) is 4.86. The van der Waals surface area contributed by atoms with Crippen LogP contribution in [-0.4, -0.2) is 59.4 Å². The maximum Gasteiger partial charge on any atom is 0.573 e. The quantitative estimate of drug-likeness (QED) is 0.694. The number of anilines is 1. The van der Waals surface area contributed by atoms with Crippen molar-refractivity contribution in [2.24, 2.45) is 5.41 Å². The number of piperidine rings is 1. The van der Waals surface area contributed by atoms with Crippen LogP contribution in [0.15, 0.2) is 35.0 Å². The average Bonchev–Trinajstić information content (AvgIpc) is 3.37. The summed E-state index contributed by atoms with van der Waals surface area (Å²) in [5.41, 5.74) is 0.922. The van der Waals surface area contributed by atoms with Crippen molar-refractivity contribution in [2.45, 2.75) is 44.4 Å². The number of hydrogen-bond donors (Lipinski definition) is 1. The highest BCUT2D eigenvalue weighted by Gasteiger charge is 2.43. The first-order valence-corrected chi connectivity index (χ1v) is 11.4. The fourth-order valence-electron chi connectivity index (χ4n) is 4.86. The fraction of sp³-hybridized carbons (Fsp3) is 0.522. The molecule has 0 bridgehead atoms.